The molecule has 0 aliphatic rings. The second-order valence-corrected chi connectivity index (χ2v) is 4.06. The molecule has 0 aromatic heterocycles. The maximum Gasteiger partial charge on any atom is 0.123 e. The molecular formula is C13H22N2O2. The fraction of sp³-hybridized carbons (Fsp3) is 0.538. The molecule has 1 aromatic rings. The Kier molecular flexibility index (Phi) is 5.80. The summed E-state index contributed by atoms with van der Waals surface area (Å²) in [5.41, 5.74) is 6.63. The molecule has 0 unspecified atom stereocenters. The second-order valence-electron chi connectivity index (χ2n) is 4.06. The Labute approximate surface area is 103 Å². The molecular weight excluding hydrogens is 216 g/mol. The number of rotatable bonds is 7. The summed E-state index contributed by atoms with van der Waals surface area (Å²) in [6.07, 6.45) is 1.00. The lowest BCUT2D eigenvalue weighted by atomic mass is 10.1. The number of nitrogens with zero attached hydrogens (tertiary/aromatic N) is 1. The molecule has 96 valence electrons. The molecule has 0 heterocycles. The van der Waals surface area contributed by atoms with Crippen LogP contribution in [0.1, 0.15) is 12.0 Å². The van der Waals surface area contributed by atoms with Gasteiger partial charge in [-0.05, 0) is 44.8 Å². The standard InChI is InChI=1S/C13H22N2O2/c1-15(8-4-7-14)10-11-9-12(16-2)5-6-13(11)17-3/h5-6,9H,4,7-8,10,14H2,1-3H3. The van der Waals surface area contributed by atoms with Crippen molar-refractivity contribution in [1.82, 2.24) is 4.90 Å². The minimum Gasteiger partial charge on any atom is -0.497 e. The van der Waals surface area contributed by atoms with Crippen LogP contribution in [0.5, 0.6) is 11.5 Å². The van der Waals surface area contributed by atoms with Gasteiger partial charge in [0.2, 0.25) is 0 Å². The van der Waals surface area contributed by atoms with E-state index in [0.717, 1.165) is 43.1 Å². The Bertz CT molecular complexity index is 342. The summed E-state index contributed by atoms with van der Waals surface area (Å²) in [5.74, 6) is 1.75. The average Bonchev–Trinajstić information content (AvgIpc) is 2.36. The van der Waals surface area contributed by atoms with Gasteiger partial charge in [-0.1, -0.05) is 0 Å². The van der Waals surface area contributed by atoms with Crippen molar-refractivity contribution in [3.05, 3.63) is 23.8 Å². The maximum atomic E-state index is 5.50. The third-order valence-corrected chi connectivity index (χ3v) is 2.67. The minimum atomic E-state index is 0.722. The largest absolute Gasteiger partial charge is 0.497 e. The summed E-state index contributed by atoms with van der Waals surface area (Å²) >= 11 is 0. The molecule has 1 rings (SSSR count). The zero-order valence-corrected chi connectivity index (χ0v) is 10.9. The number of benzene rings is 1. The highest BCUT2D eigenvalue weighted by atomic mass is 16.5. The predicted molar refractivity (Wildman–Crippen MR) is 69.6 cm³/mol. The van der Waals surface area contributed by atoms with E-state index < -0.39 is 0 Å². The lowest BCUT2D eigenvalue weighted by Gasteiger charge is -2.18. The summed E-state index contributed by atoms with van der Waals surface area (Å²) < 4.78 is 10.6. The molecule has 0 spiro atoms. The highest BCUT2D eigenvalue weighted by Gasteiger charge is 2.07. The summed E-state index contributed by atoms with van der Waals surface area (Å²) in [6.45, 7) is 2.54. The van der Waals surface area contributed by atoms with Gasteiger partial charge in [0, 0.05) is 12.1 Å². The summed E-state index contributed by atoms with van der Waals surface area (Å²) in [5, 5.41) is 0. The van der Waals surface area contributed by atoms with E-state index >= 15 is 0 Å². The molecule has 0 aliphatic carbocycles. The van der Waals surface area contributed by atoms with Crippen molar-refractivity contribution in [2.45, 2.75) is 13.0 Å². The first-order chi connectivity index (χ1) is 8.21. The summed E-state index contributed by atoms with van der Waals surface area (Å²) in [4.78, 5) is 2.23. The SMILES string of the molecule is COc1ccc(OC)c(CN(C)CCCN)c1. The summed E-state index contributed by atoms with van der Waals surface area (Å²) in [7, 11) is 5.43. The zero-order chi connectivity index (χ0) is 12.7. The van der Waals surface area contributed by atoms with Crippen molar-refractivity contribution in [2.24, 2.45) is 5.73 Å². The van der Waals surface area contributed by atoms with Gasteiger partial charge < -0.3 is 20.1 Å². The lowest BCUT2D eigenvalue weighted by Crippen LogP contribution is -2.21. The third-order valence-electron chi connectivity index (χ3n) is 2.67. The average molecular weight is 238 g/mol. The van der Waals surface area contributed by atoms with Gasteiger partial charge >= 0.3 is 0 Å². The molecule has 4 heteroatoms. The Morgan fingerprint density at radius 3 is 2.59 bits per heavy atom. The van der Waals surface area contributed by atoms with Crippen molar-refractivity contribution in [3.63, 3.8) is 0 Å². The van der Waals surface area contributed by atoms with E-state index in [4.69, 9.17) is 15.2 Å². The van der Waals surface area contributed by atoms with Crippen LogP contribution in [-0.2, 0) is 6.54 Å². The lowest BCUT2D eigenvalue weighted by molar-refractivity contribution is 0.313. The van der Waals surface area contributed by atoms with Crippen LogP contribution in [0.15, 0.2) is 18.2 Å². The van der Waals surface area contributed by atoms with E-state index in [2.05, 4.69) is 11.9 Å². The molecule has 0 radical (unpaired) electrons. The fourth-order valence-electron chi connectivity index (χ4n) is 1.74. The molecule has 2 N–H and O–H groups in total. The van der Waals surface area contributed by atoms with Crippen molar-refractivity contribution < 1.29 is 9.47 Å². The number of hydrogen-bond donors (Lipinski definition) is 1. The smallest absolute Gasteiger partial charge is 0.123 e. The van der Waals surface area contributed by atoms with Crippen molar-refractivity contribution in [2.75, 3.05) is 34.4 Å². The van der Waals surface area contributed by atoms with Gasteiger partial charge in [0.15, 0.2) is 0 Å². The van der Waals surface area contributed by atoms with Gasteiger partial charge in [0.25, 0.3) is 0 Å². The van der Waals surface area contributed by atoms with Crippen LogP contribution >= 0.6 is 0 Å². The number of hydrogen-bond acceptors (Lipinski definition) is 4. The molecule has 0 saturated heterocycles. The molecule has 0 aliphatic heterocycles. The third kappa shape index (κ3) is 4.24. The van der Waals surface area contributed by atoms with Gasteiger partial charge in [-0.15, -0.1) is 0 Å². The van der Waals surface area contributed by atoms with Gasteiger partial charge in [-0.2, -0.15) is 0 Å². The van der Waals surface area contributed by atoms with Crippen LogP contribution in [0.3, 0.4) is 0 Å². The van der Waals surface area contributed by atoms with Crippen molar-refractivity contribution in [3.8, 4) is 11.5 Å². The molecule has 0 fully saturated rings. The van der Waals surface area contributed by atoms with Gasteiger partial charge in [0.1, 0.15) is 11.5 Å². The minimum absolute atomic E-state index is 0.722. The fourth-order valence-corrected chi connectivity index (χ4v) is 1.74. The van der Waals surface area contributed by atoms with E-state index in [0.29, 0.717) is 0 Å². The Morgan fingerprint density at radius 1 is 1.24 bits per heavy atom. The van der Waals surface area contributed by atoms with Gasteiger partial charge in [-0.3, -0.25) is 0 Å². The van der Waals surface area contributed by atoms with Crippen LogP contribution in [0.25, 0.3) is 0 Å². The first-order valence-corrected chi connectivity index (χ1v) is 5.80. The molecule has 0 bridgehead atoms. The van der Waals surface area contributed by atoms with E-state index in [-0.39, 0.29) is 0 Å². The molecule has 0 saturated carbocycles. The molecule has 0 atom stereocenters. The highest BCUT2D eigenvalue weighted by Crippen LogP contribution is 2.24. The quantitative estimate of drug-likeness (QED) is 0.781. The van der Waals surface area contributed by atoms with E-state index in [9.17, 15) is 0 Å². The van der Waals surface area contributed by atoms with Crippen LogP contribution in [-0.4, -0.2) is 39.3 Å². The monoisotopic (exact) mass is 238 g/mol. The summed E-state index contributed by atoms with van der Waals surface area (Å²) in [6, 6.07) is 5.85. The Balaban J connectivity index is 2.72. The maximum absolute atomic E-state index is 5.50. The van der Waals surface area contributed by atoms with Crippen LogP contribution in [0, 0.1) is 0 Å². The zero-order valence-electron chi connectivity index (χ0n) is 10.9. The first kappa shape index (κ1) is 13.8. The van der Waals surface area contributed by atoms with Crippen molar-refractivity contribution >= 4 is 0 Å². The predicted octanol–water partition coefficient (Wildman–Crippen LogP) is 1.48. The Morgan fingerprint density at radius 2 is 2.00 bits per heavy atom. The molecule has 0 amide bonds. The van der Waals surface area contributed by atoms with Crippen LogP contribution < -0.4 is 15.2 Å². The molecule has 17 heavy (non-hydrogen) atoms. The van der Waals surface area contributed by atoms with Gasteiger partial charge in [0.05, 0.1) is 14.2 Å². The van der Waals surface area contributed by atoms with Gasteiger partial charge in [-0.25, -0.2) is 0 Å². The van der Waals surface area contributed by atoms with Crippen molar-refractivity contribution in [1.29, 1.82) is 0 Å². The van der Waals surface area contributed by atoms with Crippen LogP contribution in [0.2, 0.25) is 0 Å². The topological polar surface area (TPSA) is 47.7 Å². The Hall–Kier alpha value is -1.26. The van der Waals surface area contributed by atoms with E-state index in [1.165, 1.54) is 0 Å². The highest BCUT2D eigenvalue weighted by molar-refractivity contribution is 5.40. The molecule has 4 nitrogen and oxygen atoms in total. The number of nitrogens with two attached hydrogens (primary N) is 1. The van der Waals surface area contributed by atoms with Crippen LogP contribution in [0.4, 0.5) is 0 Å². The molecule has 1 aromatic carbocycles. The number of methoxy groups -OCH3 is 2. The first-order valence-electron chi connectivity index (χ1n) is 5.80. The second kappa shape index (κ2) is 7.14. The van der Waals surface area contributed by atoms with E-state index in [1.54, 1.807) is 14.2 Å². The normalized spacial score (nSPS) is 10.6. The van der Waals surface area contributed by atoms with E-state index in [1.807, 2.05) is 18.2 Å². The number of ether oxygens (including phenoxy) is 2.